The Labute approximate surface area is 193 Å². The van der Waals surface area contributed by atoms with E-state index < -0.39 is 0 Å². The van der Waals surface area contributed by atoms with Gasteiger partial charge in [0.15, 0.2) is 0 Å². The Morgan fingerprint density at radius 2 is 1.84 bits per heavy atom. The summed E-state index contributed by atoms with van der Waals surface area (Å²) in [6.07, 6.45) is 5.92. The summed E-state index contributed by atoms with van der Waals surface area (Å²) < 4.78 is 7.17. The van der Waals surface area contributed by atoms with Gasteiger partial charge in [-0.1, -0.05) is 43.0 Å². The number of hydrogen-bond acceptors (Lipinski definition) is 4. The van der Waals surface area contributed by atoms with E-state index in [1.807, 2.05) is 64.8 Å². The molecule has 0 spiro atoms. The van der Waals surface area contributed by atoms with E-state index in [0.29, 0.717) is 11.4 Å². The second kappa shape index (κ2) is 10.2. The lowest BCUT2D eigenvalue weighted by atomic mass is 9.77. The number of carbonyl (C=O) groups excluding carboxylic acids is 1. The van der Waals surface area contributed by atoms with E-state index in [2.05, 4.69) is 0 Å². The lowest BCUT2D eigenvalue weighted by molar-refractivity contribution is -0.135. The molecule has 1 fully saturated rings. The van der Waals surface area contributed by atoms with Crippen LogP contribution in [-0.2, 0) is 11.2 Å². The van der Waals surface area contributed by atoms with Crippen LogP contribution in [0.15, 0.2) is 54.6 Å². The summed E-state index contributed by atoms with van der Waals surface area (Å²) in [4.78, 5) is 12.5. The van der Waals surface area contributed by atoms with Gasteiger partial charge in [0.05, 0.1) is 24.2 Å². The minimum Gasteiger partial charge on any atom is -0.497 e. The fraction of sp³-hybridized carbons (Fsp3) is 0.360. The molecule has 1 unspecified atom stereocenters. The average molecular weight is 454 g/mol. The number of hydrogen-bond donors (Lipinski definition) is 2. The number of aromatic nitrogens is 2. The molecule has 0 radical (unpaired) electrons. The van der Waals surface area contributed by atoms with Crippen molar-refractivity contribution in [2.24, 2.45) is 11.8 Å². The molecule has 1 amide bonds. The highest BCUT2D eigenvalue weighted by molar-refractivity contribution is 6.30. The van der Waals surface area contributed by atoms with Crippen LogP contribution in [0, 0.1) is 11.8 Å². The van der Waals surface area contributed by atoms with Crippen molar-refractivity contribution in [2.45, 2.75) is 38.5 Å². The van der Waals surface area contributed by atoms with E-state index >= 15 is 0 Å². The third-order valence-electron chi connectivity index (χ3n) is 6.31. The molecule has 1 aliphatic carbocycles. The van der Waals surface area contributed by atoms with Crippen molar-refractivity contribution in [2.75, 3.05) is 7.11 Å². The summed E-state index contributed by atoms with van der Waals surface area (Å²) in [6.45, 7) is 0. The first-order chi connectivity index (χ1) is 15.6. The Kier molecular flexibility index (Phi) is 7.12. The van der Waals surface area contributed by atoms with Crippen LogP contribution in [0.25, 0.3) is 16.9 Å². The first-order valence-corrected chi connectivity index (χ1v) is 11.4. The van der Waals surface area contributed by atoms with Crippen molar-refractivity contribution in [3.63, 3.8) is 0 Å². The van der Waals surface area contributed by atoms with Crippen LogP contribution in [0.5, 0.6) is 5.75 Å². The Morgan fingerprint density at radius 3 is 2.47 bits per heavy atom. The second-order valence-corrected chi connectivity index (χ2v) is 8.76. The molecule has 2 aromatic carbocycles. The first kappa shape index (κ1) is 22.4. The molecule has 0 aliphatic heterocycles. The number of rotatable bonds is 7. The van der Waals surface area contributed by atoms with Gasteiger partial charge in [-0.2, -0.15) is 5.10 Å². The number of amides is 1. The Bertz CT molecular complexity index is 1040. The van der Waals surface area contributed by atoms with Crippen LogP contribution in [0.2, 0.25) is 5.02 Å². The molecule has 1 saturated carbocycles. The predicted molar refractivity (Wildman–Crippen MR) is 124 cm³/mol. The lowest BCUT2D eigenvalue weighted by Gasteiger charge is -2.28. The van der Waals surface area contributed by atoms with Crippen LogP contribution < -0.4 is 10.2 Å². The van der Waals surface area contributed by atoms with Crippen molar-refractivity contribution < 1.29 is 14.7 Å². The quantitative estimate of drug-likeness (QED) is 0.368. The second-order valence-electron chi connectivity index (χ2n) is 8.32. The van der Waals surface area contributed by atoms with Gasteiger partial charge in [0.2, 0.25) is 5.91 Å². The van der Waals surface area contributed by atoms with Gasteiger partial charge < -0.3 is 4.74 Å². The summed E-state index contributed by atoms with van der Waals surface area (Å²) in [5.41, 5.74) is 5.47. The van der Waals surface area contributed by atoms with Crippen LogP contribution in [0.3, 0.4) is 0 Å². The van der Waals surface area contributed by atoms with E-state index in [-0.39, 0.29) is 17.7 Å². The zero-order valence-corrected chi connectivity index (χ0v) is 18.9. The van der Waals surface area contributed by atoms with Crippen molar-refractivity contribution in [3.05, 3.63) is 65.3 Å². The molecule has 1 aromatic heterocycles. The van der Waals surface area contributed by atoms with E-state index in [1.165, 1.54) is 6.42 Å². The number of ether oxygens (including phenoxy) is 1. The Morgan fingerprint density at radius 1 is 1.16 bits per heavy atom. The lowest BCUT2D eigenvalue weighted by Crippen LogP contribution is -2.35. The Balaban J connectivity index is 1.71. The molecular weight excluding hydrogens is 426 g/mol. The maximum absolute atomic E-state index is 12.5. The topological polar surface area (TPSA) is 76.4 Å². The van der Waals surface area contributed by atoms with Crippen LogP contribution in [0.1, 0.15) is 37.8 Å². The number of methoxy groups -OCH3 is 1. The molecule has 1 aliphatic rings. The highest BCUT2D eigenvalue weighted by Crippen LogP contribution is 2.33. The van der Waals surface area contributed by atoms with Gasteiger partial charge in [-0.05, 0) is 61.2 Å². The maximum Gasteiger partial charge on any atom is 0.247 e. The number of carbonyl (C=O) groups is 1. The molecule has 0 bridgehead atoms. The first-order valence-electron chi connectivity index (χ1n) is 11.0. The largest absolute Gasteiger partial charge is 0.497 e. The normalized spacial score (nSPS) is 15.3. The minimum absolute atomic E-state index is 0.251. The summed E-state index contributed by atoms with van der Waals surface area (Å²) in [6, 6.07) is 17.3. The van der Waals surface area contributed by atoms with Crippen molar-refractivity contribution in [1.82, 2.24) is 15.3 Å². The van der Waals surface area contributed by atoms with Gasteiger partial charge in [-0.15, -0.1) is 0 Å². The fourth-order valence-electron chi connectivity index (χ4n) is 4.59. The molecule has 0 saturated heterocycles. The third-order valence-corrected chi connectivity index (χ3v) is 6.56. The van der Waals surface area contributed by atoms with Crippen molar-refractivity contribution in [3.8, 4) is 22.7 Å². The average Bonchev–Trinajstić information content (AvgIpc) is 3.27. The molecular formula is C25H28ClN3O3. The molecule has 3 aromatic rings. The van der Waals surface area contributed by atoms with Crippen molar-refractivity contribution >= 4 is 17.5 Å². The summed E-state index contributed by atoms with van der Waals surface area (Å²) in [7, 11) is 1.64. The van der Waals surface area contributed by atoms with Crippen LogP contribution >= 0.6 is 11.6 Å². The molecule has 2 N–H and O–H groups in total. The molecule has 7 heteroatoms. The Hall–Kier alpha value is -2.83. The van der Waals surface area contributed by atoms with Gasteiger partial charge in [-0.25, -0.2) is 10.2 Å². The van der Waals surface area contributed by atoms with E-state index in [4.69, 9.17) is 21.4 Å². The summed E-state index contributed by atoms with van der Waals surface area (Å²) >= 11 is 6.10. The summed E-state index contributed by atoms with van der Waals surface area (Å²) in [5, 5.41) is 14.9. The maximum atomic E-state index is 12.5. The highest BCUT2D eigenvalue weighted by atomic mass is 35.5. The monoisotopic (exact) mass is 453 g/mol. The minimum atomic E-state index is -0.330. The van der Waals surface area contributed by atoms with Crippen molar-refractivity contribution in [1.29, 1.82) is 0 Å². The van der Waals surface area contributed by atoms with Gasteiger partial charge in [-0.3, -0.25) is 10.0 Å². The number of hydroxylamine groups is 1. The van der Waals surface area contributed by atoms with Crippen LogP contribution in [0.4, 0.5) is 0 Å². The van der Waals surface area contributed by atoms with E-state index in [9.17, 15) is 10.0 Å². The standard InChI is InChI=1S/C25H28ClN3O3/c1-32-22-13-11-21(12-14-22)29-24(18-7-9-19(26)10-8-18)16-20(27-29)15-23(25(30)28-31)17-5-3-2-4-6-17/h7-14,16-17,23,31H,2-6,15H2,1H3,(H,28,30). The van der Waals surface area contributed by atoms with Gasteiger partial charge >= 0.3 is 0 Å². The number of halogens is 1. The highest BCUT2D eigenvalue weighted by Gasteiger charge is 2.30. The third kappa shape index (κ3) is 4.97. The predicted octanol–water partition coefficient (Wildman–Crippen LogP) is 5.45. The number of nitrogens with zero attached hydrogens (tertiary/aromatic N) is 2. The van der Waals surface area contributed by atoms with Gasteiger partial charge in [0.25, 0.3) is 0 Å². The molecule has 32 heavy (non-hydrogen) atoms. The molecule has 168 valence electrons. The number of benzene rings is 2. The summed E-state index contributed by atoms with van der Waals surface area (Å²) in [5.74, 6) is 0.383. The molecule has 4 rings (SSSR count). The molecule has 1 heterocycles. The van der Waals surface area contributed by atoms with E-state index in [0.717, 1.165) is 54.1 Å². The van der Waals surface area contributed by atoms with E-state index in [1.54, 1.807) is 7.11 Å². The fourth-order valence-corrected chi connectivity index (χ4v) is 4.72. The van der Waals surface area contributed by atoms with Gasteiger partial charge in [0, 0.05) is 22.9 Å². The van der Waals surface area contributed by atoms with Crippen LogP contribution in [-0.4, -0.2) is 28.0 Å². The smallest absolute Gasteiger partial charge is 0.247 e. The van der Waals surface area contributed by atoms with Gasteiger partial charge in [0.1, 0.15) is 5.75 Å². The SMILES string of the molecule is COc1ccc(-n2nc(CC(C(=O)NO)C3CCCCC3)cc2-c2ccc(Cl)cc2)cc1. The molecule has 1 atom stereocenters. The molecule has 6 nitrogen and oxygen atoms in total. The zero-order chi connectivity index (χ0) is 22.5. The number of nitrogens with one attached hydrogen (secondary N) is 1. The zero-order valence-electron chi connectivity index (χ0n) is 18.1.